The maximum Gasteiger partial charge on any atom is 0.318 e. The molecule has 0 bridgehead atoms. The molecule has 29 heavy (non-hydrogen) atoms. The van der Waals surface area contributed by atoms with E-state index in [0.29, 0.717) is 10.9 Å². The molecular formula is C20H19FN4O3S. The summed E-state index contributed by atoms with van der Waals surface area (Å²) < 4.78 is 15.7. The first-order valence-corrected chi connectivity index (χ1v) is 9.71. The Hall–Kier alpha value is -3.20. The van der Waals surface area contributed by atoms with E-state index in [9.17, 15) is 18.8 Å². The largest absolute Gasteiger partial charge is 0.351 e. The van der Waals surface area contributed by atoms with Crippen LogP contribution in [0.3, 0.4) is 0 Å². The fraction of sp³-hybridized carbons (Fsp3) is 0.200. The lowest BCUT2D eigenvalue weighted by Gasteiger charge is -2.21. The molecule has 1 heterocycles. The molecule has 0 spiro atoms. The minimum absolute atomic E-state index is 0.0241. The van der Waals surface area contributed by atoms with Crippen LogP contribution in [0.5, 0.6) is 0 Å². The number of urea groups is 1. The van der Waals surface area contributed by atoms with E-state index in [0.717, 1.165) is 16.3 Å². The van der Waals surface area contributed by atoms with Crippen molar-refractivity contribution in [1.29, 1.82) is 0 Å². The second kappa shape index (κ2) is 8.44. The number of hydrogen-bond donors (Lipinski definition) is 2. The lowest BCUT2D eigenvalue weighted by molar-refractivity contribution is -0.120. The summed E-state index contributed by atoms with van der Waals surface area (Å²) in [7, 11) is 0. The van der Waals surface area contributed by atoms with Crippen LogP contribution < -0.4 is 16.6 Å². The Kier molecular flexibility index (Phi) is 5.97. The Labute approximate surface area is 170 Å². The third-order valence-corrected chi connectivity index (χ3v) is 5.68. The molecule has 0 aliphatic carbocycles. The smallest absolute Gasteiger partial charge is 0.318 e. The van der Waals surface area contributed by atoms with Gasteiger partial charge in [-0.2, -0.15) is 0 Å². The number of amides is 3. The Morgan fingerprint density at radius 2 is 1.79 bits per heavy atom. The first kappa shape index (κ1) is 20.5. The second-order valence-corrected chi connectivity index (χ2v) is 7.75. The number of carbonyl (C=O) groups is 2. The van der Waals surface area contributed by atoms with E-state index in [1.807, 2.05) is 0 Å². The van der Waals surface area contributed by atoms with Gasteiger partial charge in [0.15, 0.2) is 5.16 Å². The summed E-state index contributed by atoms with van der Waals surface area (Å²) in [6, 6.07) is 11.6. The number of aromatic nitrogens is 2. The third kappa shape index (κ3) is 4.29. The van der Waals surface area contributed by atoms with Gasteiger partial charge < -0.3 is 5.73 Å². The van der Waals surface area contributed by atoms with Gasteiger partial charge in [0, 0.05) is 0 Å². The lowest BCUT2D eigenvalue weighted by atomic mass is 10.1. The molecule has 150 valence electrons. The number of hydrogen-bond acceptors (Lipinski definition) is 5. The number of benzene rings is 2. The molecule has 0 aliphatic rings. The van der Waals surface area contributed by atoms with Crippen molar-refractivity contribution in [2.45, 2.75) is 24.3 Å². The first-order valence-electron chi connectivity index (χ1n) is 8.83. The molecule has 0 saturated carbocycles. The van der Waals surface area contributed by atoms with Crippen molar-refractivity contribution in [3.05, 3.63) is 64.7 Å². The van der Waals surface area contributed by atoms with Crippen molar-refractivity contribution in [3.8, 4) is 5.69 Å². The van der Waals surface area contributed by atoms with Gasteiger partial charge >= 0.3 is 6.03 Å². The molecule has 1 aromatic heterocycles. The monoisotopic (exact) mass is 414 g/mol. The summed E-state index contributed by atoms with van der Waals surface area (Å²) in [6.45, 7) is 3.57. The van der Waals surface area contributed by atoms with E-state index in [1.165, 1.54) is 18.2 Å². The average molecular weight is 414 g/mol. The van der Waals surface area contributed by atoms with Crippen molar-refractivity contribution in [2.24, 2.45) is 11.7 Å². The molecule has 7 nitrogen and oxygen atoms in total. The molecule has 3 N–H and O–H groups in total. The average Bonchev–Trinajstić information content (AvgIpc) is 2.66. The Morgan fingerprint density at radius 1 is 1.14 bits per heavy atom. The maximum atomic E-state index is 14.5. The van der Waals surface area contributed by atoms with E-state index in [2.05, 4.69) is 10.3 Å². The van der Waals surface area contributed by atoms with Gasteiger partial charge in [-0.1, -0.05) is 49.9 Å². The van der Waals surface area contributed by atoms with Crippen LogP contribution in [-0.4, -0.2) is 26.7 Å². The molecule has 9 heteroatoms. The molecular weight excluding hydrogens is 395 g/mol. The number of halogens is 1. The molecule has 0 aliphatic heterocycles. The number of carbonyl (C=O) groups excluding carboxylic acids is 2. The Morgan fingerprint density at radius 3 is 2.45 bits per heavy atom. The van der Waals surface area contributed by atoms with Crippen LogP contribution in [0.1, 0.15) is 13.8 Å². The van der Waals surface area contributed by atoms with E-state index < -0.39 is 28.6 Å². The number of para-hydroxylation sites is 2. The van der Waals surface area contributed by atoms with Crippen LogP contribution in [0.4, 0.5) is 9.18 Å². The number of nitrogens with zero attached hydrogens (tertiary/aromatic N) is 2. The minimum atomic E-state index is -0.973. The van der Waals surface area contributed by atoms with Crippen molar-refractivity contribution in [3.63, 3.8) is 0 Å². The number of nitrogens with one attached hydrogen (secondary N) is 1. The van der Waals surface area contributed by atoms with E-state index >= 15 is 0 Å². The second-order valence-electron chi connectivity index (χ2n) is 6.64. The molecule has 0 saturated heterocycles. The first-order chi connectivity index (χ1) is 13.8. The minimum Gasteiger partial charge on any atom is -0.351 e. The molecule has 0 unspecified atom stereocenters. The zero-order valence-corrected chi connectivity index (χ0v) is 16.6. The highest BCUT2D eigenvalue weighted by atomic mass is 32.2. The van der Waals surface area contributed by atoms with Crippen LogP contribution in [0.2, 0.25) is 0 Å². The standard InChI is InChI=1S/C20H19FN4O3S/c1-11(2)16(17(26)24-19(22)28)29-20-23-14-9-5-3-7-12(14)18(27)25(20)15-10-6-4-8-13(15)21/h3-11,16H,1-2H3,(H3,22,24,26,28)/t16-/m0/s1. The zero-order valence-electron chi connectivity index (χ0n) is 15.8. The van der Waals surface area contributed by atoms with Crippen LogP contribution in [0.25, 0.3) is 16.6 Å². The van der Waals surface area contributed by atoms with E-state index in [1.54, 1.807) is 44.2 Å². The summed E-state index contributed by atoms with van der Waals surface area (Å²) >= 11 is 0.971. The molecule has 3 amide bonds. The van der Waals surface area contributed by atoms with Gasteiger partial charge in [-0.05, 0) is 30.2 Å². The van der Waals surface area contributed by atoms with Crippen LogP contribution in [-0.2, 0) is 4.79 Å². The summed E-state index contributed by atoms with van der Waals surface area (Å²) in [4.78, 5) is 41.2. The summed E-state index contributed by atoms with van der Waals surface area (Å²) in [6.07, 6.45) is 0. The molecule has 0 fully saturated rings. The zero-order chi connectivity index (χ0) is 21.1. The van der Waals surface area contributed by atoms with Crippen molar-refractivity contribution < 1.29 is 14.0 Å². The number of fused-ring (bicyclic) bond motifs is 1. The summed E-state index contributed by atoms with van der Waals surface area (Å²) in [5.74, 6) is -1.44. The van der Waals surface area contributed by atoms with Crippen molar-refractivity contribution >= 4 is 34.6 Å². The Bertz CT molecular complexity index is 1150. The predicted octanol–water partition coefficient (Wildman–Crippen LogP) is 2.84. The molecule has 2 aromatic carbocycles. The molecule has 3 rings (SSSR count). The van der Waals surface area contributed by atoms with Crippen LogP contribution in [0, 0.1) is 11.7 Å². The fourth-order valence-electron chi connectivity index (χ4n) is 2.84. The molecule has 3 aromatic rings. The van der Waals surface area contributed by atoms with E-state index in [4.69, 9.17) is 5.73 Å². The number of primary amides is 1. The fourth-order valence-corrected chi connectivity index (χ4v) is 3.94. The van der Waals surface area contributed by atoms with Gasteiger partial charge in [-0.3, -0.25) is 19.5 Å². The highest BCUT2D eigenvalue weighted by Gasteiger charge is 2.28. The maximum absolute atomic E-state index is 14.5. The predicted molar refractivity (Wildman–Crippen MR) is 110 cm³/mol. The van der Waals surface area contributed by atoms with Crippen molar-refractivity contribution in [2.75, 3.05) is 0 Å². The highest BCUT2D eigenvalue weighted by Crippen LogP contribution is 2.29. The molecule has 0 radical (unpaired) electrons. The van der Waals surface area contributed by atoms with Gasteiger partial charge in [0.1, 0.15) is 5.82 Å². The molecule has 1 atom stereocenters. The van der Waals surface area contributed by atoms with Gasteiger partial charge in [0.05, 0.1) is 21.8 Å². The number of rotatable bonds is 5. The lowest BCUT2D eigenvalue weighted by Crippen LogP contribution is -2.42. The number of thioether (sulfide) groups is 1. The van der Waals surface area contributed by atoms with E-state index in [-0.39, 0.29) is 16.8 Å². The number of nitrogens with two attached hydrogens (primary N) is 1. The Balaban J connectivity index is 2.21. The van der Waals surface area contributed by atoms with Gasteiger partial charge in [-0.25, -0.2) is 14.2 Å². The summed E-state index contributed by atoms with van der Waals surface area (Å²) in [5, 5.41) is 1.73. The quantitative estimate of drug-likeness (QED) is 0.493. The van der Waals surface area contributed by atoms with Gasteiger partial charge in [0.2, 0.25) is 5.91 Å². The normalized spacial score (nSPS) is 12.1. The topological polar surface area (TPSA) is 107 Å². The number of imide groups is 1. The SMILES string of the molecule is CC(C)[C@H](Sc1nc2ccccc2c(=O)n1-c1ccccc1F)C(=O)NC(N)=O. The summed E-state index contributed by atoms with van der Waals surface area (Å²) in [5.41, 5.74) is 5.05. The van der Waals surface area contributed by atoms with Gasteiger partial charge in [-0.15, -0.1) is 0 Å². The van der Waals surface area contributed by atoms with Crippen LogP contribution >= 0.6 is 11.8 Å². The third-order valence-electron chi connectivity index (χ3n) is 4.18. The van der Waals surface area contributed by atoms with Gasteiger partial charge in [0.25, 0.3) is 5.56 Å². The highest BCUT2D eigenvalue weighted by molar-refractivity contribution is 8.00. The van der Waals surface area contributed by atoms with Crippen molar-refractivity contribution in [1.82, 2.24) is 14.9 Å². The van der Waals surface area contributed by atoms with Crippen LogP contribution in [0.15, 0.2) is 58.5 Å².